The van der Waals surface area contributed by atoms with Gasteiger partial charge in [0.25, 0.3) is 0 Å². The first kappa shape index (κ1) is 14.8. The molecular weight excluding hydrogens is 241 g/mol. The standard InChI is InChI=1S/C13H19F3N2/c1-10(2)9-18(7-6-17)12-5-3-4-11(8-12)13(14,15)16/h3-5,8,10H,6-7,9,17H2,1-2H3. The zero-order valence-electron chi connectivity index (χ0n) is 10.7. The van der Waals surface area contributed by atoms with Crippen molar-refractivity contribution in [3.8, 4) is 0 Å². The van der Waals surface area contributed by atoms with Crippen molar-refractivity contribution in [2.75, 3.05) is 24.5 Å². The van der Waals surface area contributed by atoms with Crippen molar-refractivity contribution in [1.29, 1.82) is 0 Å². The van der Waals surface area contributed by atoms with E-state index >= 15 is 0 Å². The number of anilines is 1. The fourth-order valence-electron chi connectivity index (χ4n) is 1.80. The molecule has 1 aromatic rings. The molecule has 5 heteroatoms. The smallest absolute Gasteiger partial charge is 0.370 e. The number of benzene rings is 1. The zero-order valence-corrected chi connectivity index (χ0v) is 10.7. The fraction of sp³-hybridized carbons (Fsp3) is 0.538. The lowest BCUT2D eigenvalue weighted by atomic mass is 10.1. The lowest BCUT2D eigenvalue weighted by Gasteiger charge is -2.26. The molecule has 102 valence electrons. The number of hydrogen-bond donors (Lipinski definition) is 1. The molecule has 0 unspecified atom stereocenters. The van der Waals surface area contributed by atoms with Gasteiger partial charge in [-0.15, -0.1) is 0 Å². The molecule has 0 aromatic heterocycles. The van der Waals surface area contributed by atoms with E-state index in [0.29, 0.717) is 31.2 Å². The summed E-state index contributed by atoms with van der Waals surface area (Å²) in [7, 11) is 0. The van der Waals surface area contributed by atoms with Gasteiger partial charge in [-0.1, -0.05) is 19.9 Å². The number of hydrogen-bond acceptors (Lipinski definition) is 2. The maximum Gasteiger partial charge on any atom is 0.416 e. The summed E-state index contributed by atoms with van der Waals surface area (Å²) in [5, 5.41) is 0. The third-order valence-corrected chi connectivity index (χ3v) is 2.52. The summed E-state index contributed by atoms with van der Waals surface area (Å²) in [5.41, 5.74) is 5.46. The SMILES string of the molecule is CC(C)CN(CCN)c1cccc(C(F)(F)F)c1. The van der Waals surface area contributed by atoms with Crippen LogP contribution in [-0.4, -0.2) is 19.6 Å². The molecule has 0 saturated carbocycles. The van der Waals surface area contributed by atoms with E-state index in [0.717, 1.165) is 6.07 Å². The van der Waals surface area contributed by atoms with E-state index in [2.05, 4.69) is 0 Å². The van der Waals surface area contributed by atoms with E-state index in [9.17, 15) is 13.2 Å². The highest BCUT2D eigenvalue weighted by Crippen LogP contribution is 2.31. The van der Waals surface area contributed by atoms with Crippen LogP contribution in [0.15, 0.2) is 24.3 Å². The molecule has 1 aromatic carbocycles. The highest BCUT2D eigenvalue weighted by molar-refractivity contribution is 5.49. The van der Waals surface area contributed by atoms with Crippen LogP contribution in [0, 0.1) is 5.92 Å². The van der Waals surface area contributed by atoms with Crippen LogP contribution in [0.2, 0.25) is 0 Å². The van der Waals surface area contributed by atoms with Crippen molar-refractivity contribution < 1.29 is 13.2 Å². The minimum Gasteiger partial charge on any atom is -0.370 e. The normalized spacial score (nSPS) is 11.9. The summed E-state index contributed by atoms with van der Waals surface area (Å²) < 4.78 is 37.9. The Morgan fingerprint density at radius 3 is 2.44 bits per heavy atom. The third-order valence-electron chi connectivity index (χ3n) is 2.52. The predicted molar refractivity (Wildman–Crippen MR) is 67.5 cm³/mol. The minimum atomic E-state index is -4.30. The highest BCUT2D eigenvalue weighted by atomic mass is 19.4. The number of halogens is 3. The lowest BCUT2D eigenvalue weighted by Crippen LogP contribution is -2.32. The summed E-state index contributed by atoms with van der Waals surface area (Å²) in [6, 6.07) is 5.38. The summed E-state index contributed by atoms with van der Waals surface area (Å²) in [4.78, 5) is 1.89. The molecule has 18 heavy (non-hydrogen) atoms. The Morgan fingerprint density at radius 2 is 1.94 bits per heavy atom. The molecule has 0 amide bonds. The summed E-state index contributed by atoms with van der Waals surface area (Å²) in [6.07, 6.45) is -4.30. The van der Waals surface area contributed by atoms with Crippen molar-refractivity contribution in [3.05, 3.63) is 29.8 Å². The Bertz CT molecular complexity index is 375. The number of nitrogens with zero attached hydrogens (tertiary/aromatic N) is 1. The number of alkyl halides is 3. The van der Waals surface area contributed by atoms with E-state index in [4.69, 9.17) is 5.73 Å². The molecule has 2 N–H and O–H groups in total. The van der Waals surface area contributed by atoms with Gasteiger partial charge in [0.15, 0.2) is 0 Å². The topological polar surface area (TPSA) is 29.3 Å². The van der Waals surface area contributed by atoms with Crippen LogP contribution in [0.1, 0.15) is 19.4 Å². The first-order valence-electron chi connectivity index (χ1n) is 5.97. The molecule has 0 aliphatic heterocycles. The van der Waals surface area contributed by atoms with Crippen molar-refractivity contribution in [1.82, 2.24) is 0 Å². The Balaban J connectivity index is 2.97. The molecule has 2 nitrogen and oxygen atoms in total. The van der Waals surface area contributed by atoms with Gasteiger partial charge in [-0.2, -0.15) is 13.2 Å². The molecule has 1 rings (SSSR count). The summed E-state index contributed by atoms with van der Waals surface area (Å²) in [6.45, 7) is 5.72. The highest BCUT2D eigenvalue weighted by Gasteiger charge is 2.30. The van der Waals surface area contributed by atoms with E-state index in [-0.39, 0.29) is 0 Å². The molecular formula is C13H19F3N2. The third kappa shape index (κ3) is 4.22. The van der Waals surface area contributed by atoms with Gasteiger partial charge < -0.3 is 10.6 Å². The van der Waals surface area contributed by atoms with Crippen LogP contribution in [0.25, 0.3) is 0 Å². The fourth-order valence-corrected chi connectivity index (χ4v) is 1.80. The Hall–Kier alpha value is -1.23. The average molecular weight is 260 g/mol. The average Bonchev–Trinajstić information content (AvgIpc) is 2.27. The van der Waals surface area contributed by atoms with Crippen LogP contribution >= 0.6 is 0 Å². The van der Waals surface area contributed by atoms with E-state index in [1.54, 1.807) is 6.07 Å². The second-order valence-corrected chi connectivity index (χ2v) is 4.68. The molecule has 0 atom stereocenters. The first-order chi connectivity index (χ1) is 8.34. The van der Waals surface area contributed by atoms with E-state index in [1.807, 2.05) is 18.7 Å². The molecule has 0 heterocycles. The second-order valence-electron chi connectivity index (χ2n) is 4.68. The molecule has 0 fully saturated rings. The second kappa shape index (κ2) is 6.09. The van der Waals surface area contributed by atoms with Gasteiger partial charge in [-0.3, -0.25) is 0 Å². The number of rotatable bonds is 5. The van der Waals surface area contributed by atoms with Gasteiger partial charge >= 0.3 is 6.18 Å². The molecule has 0 aliphatic rings. The summed E-state index contributed by atoms with van der Waals surface area (Å²) >= 11 is 0. The van der Waals surface area contributed by atoms with Gasteiger partial charge in [0, 0.05) is 25.3 Å². The van der Waals surface area contributed by atoms with Gasteiger partial charge in [0.05, 0.1) is 5.56 Å². The predicted octanol–water partition coefficient (Wildman–Crippen LogP) is 3.13. The largest absolute Gasteiger partial charge is 0.416 e. The lowest BCUT2D eigenvalue weighted by molar-refractivity contribution is -0.137. The maximum atomic E-state index is 12.6. The van der Waals surface area contributed by atoms with Gasteiger partial charge in [-0.25, -0.2) is 0 Å². The molecule has 0 bridgehead atoms. The molecule has 0 spiro atoms. The quantitative estimate of drug-likeness (QED) is 0.881. The van der Waals surface area contributed by atoms with E-state index < -0.39 is 11.7 Å². The first-order valence-corrected chi connectivity index (χ1v) is 5.97. The Labute approximate surface area is 106 Å². The van der Waals surface area contributed by atoms with E-state index in [1.165, 1.54) is 12.1 Å². The molecule has 0 aliphatic carbocycles. The van der Waals surface area contributed by atoms with Gasteiger partial charge in [0.2, 0.25) is 0 Å². The van der Waals surface area contributed by atoms with Crippen molar-refractivity contribution in [2.45, 2.75) is 20.0 Å². The van der Waals surface area contributed by atoms with Crippen LogP contribution in [0.4, 0.5) is 18.9 Å². The number of nitrogens with two attached hydrogens (primary N) is 1. The van der Waals surface area contributed by atoms with Gasteiger partial charge in [0.1, 0.15) is 0 Å². The van der Waals surface area contributed by atoms with Crippen molar-refractivity contribution in [3.63, 3.8) is 0 Å². The Kier molecular flexibility index (Phi) is 5.02. The van der Waals surface area contributed by atoms with Crippen LogP contribution in [-0.2, 0) is 6.18 Å². The minimum absolute atomic E-state index is 0.367. The van der Waals surface area contributed by atoms with Crippen LogP contribution in [0.3, 0.4) is 0 Å². The Morgan fingerprint density at radius 1 is 1.28 bits per heavy atom. The monoisotopic (exact) mass is 260 g/mol. The van der Waals surface area contributed by atoms with Crippen LogP contribution < -0.4 is 10.6 Å². The molecule has 0 saturated heterocycles. The van der Waals surface area contributed by atoms with Crippen LogP contribution in [0.5, 0.6) is 0 Å². The van der Waals surface area contributed by atoms with Gasteiger partial charge in [-0.05, 0) is 24.1 Å². The molecule has 0 radical (unpaired) electrons. The zero-order chi connectivity index (χ0) is 13.8. The van der Waals surface area contributed by atoms with Crippen molar-refractivity contribution in [2.24, 2.45) is 11.7 Å². The van der Waals surface area contributed by atoms with Crippen molar-refractivity contribution >= 4 is 5.69 Å². The summed E-state index contributed by atoms with van der Waals surface area (Å²) in [5.74, 6) is 0.367. The maximum absolute atomic E-state index is 12.6.